The lowest BCUT2D eigenvalue weighted by atomic mass is 10.2. The van der Waals surface area contributed by atoms with Crippen molar-refractivity contribution in [2.75, 3.05) is 6.61 Å². The minimum Gasteiger partial charge on any atom is -0.443 e. The van der Waals surface area contributed by atoms with Crippen LogP contribution in [0.3, 0.4) is 0 Å². The Morgan fingerprint density at radius 2 is 2.45 bits per heavy atom. The average Bonchev–Trinajstić information content (AvgIpc) is 2.76. The van der Waals surface area contributed by atoms with Crippen molar-refractivity contribution in [3.63, 3.8) is 0 Å². The second-order valence-electron chi connectivity index (χ2n) is 4.12. The summed E-state index contributed by atoms with van der Waals surface area (Å²) in [7, 11) is 0. The molecule has 7 nitrogen and oxygen atoms in total. The molecule has 0 bridgehead atoms. The van der Waals surface area contributed by atoms with Gasteiger partial charge in [0.2, 0.25) is 0 Å². The molecular formula is C12H12N2O5S. The van der Waals surface area contributed by atoms with Crippen LogP contribution in [0.2, 0.25) is 0 Å². The maximum absolute atomic E-state index is 11.6. The number of aromatic nitrogens is 2. The van der Waals surface area contributed by atoms with Gasteiger partial charge in [-0.1, -0.05) is 12.2 Å². The first-order valence-corrected chi connectivity index (χ1v) is 6.30. The van der Waals surface area contributed by atoms with Crippen molar-refractivity contribution in [3.05, 3.63) is 33.1 Å². The predicted octanol–water partition coefficient (Wildman–Crippen LogP) is -0.838. The number of nitrogens with zero attached hydrogens (tertiary/aromatic N) is 1. The van der Waals surface area contributed by atoms with Gasteiger partial charge in [-0.25, -0.2) is 4.79 Å². The van der Waals surface area contributed by atoms with Crippen molar-refractivity contribution >= 4 is 17.6 Å². The molecular weight excluding hydrogens is 284 g/mol. The molecule has 1 aliphatic heterocycles. The topological polar surface area (TPSA) is 93.6 Å². The van der Waals surface area contributed by atoms with E-state index in [1.54, 1.807) is 0 Å². The van der Waals surface area contributed by atoms with E-state index >= 15 is 0 Å². The Balaban J connectivity index is 2.04. The van der Waals surface area contributed by atoms with E-state index in [2.05, 4.69) is 29.2 Å². The van der Waals surface area contributed by atoms with Gasteiger partial charge in [0.05, 0.1) is 11.5 Å². The molecule has 1 fully saturated rings. The number of aromatic amines is 1. The maximum atomic E-state index is 11.6. The largest absolute Gasteiger partial charge is 0.443 e. The van der Waals surface area contributed by atoms with Crippen LogP contribution in [0.15, 0.2) is 21.9 Å². The van der Waals surface area contributed by atoms with E-state index < -0.39 is 29.7 Å². The van der Waals surface area contributed by atoms with Crippen LogP contribution in [0.1, 0.15) is 12.6 Å². The minimum absolute atomic E-state index is 0.0615. The summed E-state index contributed by atoms with van der Waals surface area (Å²) in [5, 5.41) is 11.1. The van der Waals surface area contributed by atoms with Crippen molar-refractivity contribution in [2.45, 2.75) is 24.9 Å². The Kier molecular flexibility index (Phi) is 4.68. The molecule has 3 atom stereocenters. The van der Waals surface area contributed by atoms with Gasteiger partial charge in [0, 0.05) is 18.7 Å². The van der Waals surface area contributed by atoms with Crippen molar-refractivity contribution in [1.29, 1.82) is 0 Å². The summed E-state index contributed by atoms with van der Waals surface area (Å²) in [5.41, 5.74) is -1.07. The summed E-state index contributed by atoms with van der Waals surface area (Å²) >= 11 is 4.50. The standard InChI is InChI=1S/C12H12N2O5S/c15-8-6-11(14-3-2-10(16)13-12(14)17)19-9(8)7-18-4-1-5-20/h2-3,5,8-9,11,15H,6-7H2,(H,13,16,17)/t8-,9+,11+/m0/s1. The maximum Gasteiger partial charge on any atom is 0.330 e. The lowest BCUT2D eigenvalue weighted by molar-refractivity contribution is -0.0457. The zero-order valence-electron chi connectivity index (χ0n) is 10.3. The molecule has 106 valence electrons. The first-order valence-electron chi connectivity index (χ1n) is 5.83. The highest BCUT2D eigenvalue weighted by molar-refractivity contribution is 7.79. The molecule has 2 N–H and O–H groups in total. The molecule has 1 aliphatic rings. The second kappa shape index (κ2) is 6.47. The van der Waals surface area contributed by atoms with Crippen molar-refractivity contribution < 1.29 is 14.6 Å². The number of aliphatic hydroxyl groups is 1. The molecule has 0 aromatic carbocycles. The first kappa shape index (κ1) is 14.5. The van der Waals surface area contributed by atoms with Crippen LogP contribution in [0.25, 0.3) is 0 Å². The number of rotatable bonds is 3. The van der Waals surface area contributed by atoms with E-state index in [-0.39, 0.29) is 13.0 Å². The molecule has 0 radical (unpaired) electrons. The Hall–Kier alpha value is -1.95. The molecule has 0 amide bonds. The molecule has 2 heterocycles. The fourth-order valence-corrected chi connectivity index (χ4v) is 1.93. The molecule has 2 rings (SSSR count). The van der Waals surface area contributed by atoms with Gasteiger partial charge < -0.3 is 14.6 Å². The molecule has 1 aromatic heterocycles. The third kappa shape index (κ3) is 3.33. The number of thiocarbonyl (C=S) groups is 1. The number of hydrogen-bond acceptors (Lipinski definition) is 6. The number of H-pyrrole nitrogens is 1. The Morgan fingerprint density at radius 1 is 1.65 bits per heavy atom. The normalized spacial score (nSPS) is 24.8. The Labute approximate surface area is 119 Å². The minimum atomic E-state index is -0.784. The van der Waals surface area contributed by atoms with E-state index in [1.165, 1.54) is 22.2 Å². The fraction of sp³-hybridized carbons (Fsp3) is 0.417. The zero-order chi connectivity index (χ0) is 14.5. The molecule has 0 aliphatic carbocycles. The quantitative estimate of drug-likeness (QED) is 0.558. The van der Waals surface area contributed by atoms with Crippen molar-refractivity contribution in [3.8, 4) is 12.0 Å². The Morgan fingerprint density at radius 3 is 3.15 bits per heavy atom. The molecule has 1 saturated heterocycles. The van der Waals surface area contributed by atoms with Crippen molar-refractivity contribution in [1.82, 2.24) is 9.55 Å². The Bertz CT molecular complexity index is 656. The summed E-state index contributed by atoms with van der Waals surface area (Å²) < 4.78 is 11.7. The van der Waals surface area contributed by atoms with Gasteiger partial charge in [-0.05, 0) is 5.92 Å². The van der Waals surface area contributed by atoms with E-state index in [9.17, 15) is 14.7 Å². The number of hydrogen-bond donors (Lipinski definition) is 2. The van der Waals surface area contributed by atoms with Crippen LogP contribution in [-0.4, -0.2) is 38.8 Å². The summed E-state index contributed by atoms with van der Waals surface area (Å²) in [6.45, 7) is 0.0615. The van der Waals surface area contributed by atoms with Gasteiger partial charge in [0.15, 0.2) is 0 Å². The van der Waals surface area contributed by atoms with Crippen molar-refractivity contribution in [2.24, 2.45) is 0 Å². The van der Waals surface area contributed by atoms with Crippen LogP contribution < -0.4 is 11.2 Å². The second-order valence-corrected chi connectivity index (χ2v) is 4.36. The first-order chi connectivity index (χ1) is 9.61. The van der Waals surface area contributed by atoms with Gasteiger partial charge in [-0.3, -0.25) is 14.3 Å². The lowest BCUT2D eigenvalue weighted by Gasteiger charge is -2.14. The molecule has 8 heteroatoms. The van der Waals surface area contributed by atoms with Gasteiger partial charge in [0.1, 0.15) is 25.0 Å². The summed E-state index contributed by atoms with van der Waals surface area (Å²) in [4.78, 5) is 24.7. The smallest absolute Gasteiger partial charge is 0.330 e. The zero-order valence-corrected chi connectivity index (χ0v) is 11.1. The van der Waals surface area contributed by atoms with E-state index in [4.69, 9.17) is 9.47 Å². The summed E-state index contributed by atoms with van der Waals surface area (Å²) in [6.07, 6.45) is 1.85. The molecule has 0 saturated carbocycles. The van der Waals surface area contributed by atoms with E-state index in [1.807, 2.05) is 0 Å². The lowest BCUT2D eigenvalue weighted by Crippen LogP contribution is -2.31. The van der Waals surface area contributed by atoms with Crippen LogP contribution in [0.4, 0.5) is 0 Å². The third-order valence-corrected chi connectivity index (χ3v) is 2.92. The highest BCUT2D eigenvalue weighted by Crippen LogP contribution is 2.27. The van der Waals surface area contributed by atoms with Gasteiger partial charge >= 0.3 is 5.69 Å². The predicted molar refractivity (Wildman–Crippen MR) is 73.2 cm³/mol. The van der Waals surface area contributed by atoms with E-state index in [0.717, 1.165) is 0 Å². The van der Waals surface area contributed by atoms with Crippen LogP contribution in [-0.2, 0) is 9.47 Å². The summed E-state index contributed by atoms with van der Waals surface area (Å²) in [5.74, 6) is 2.43. The van der Waals surface area contributed by atoms with Crippen LogP contribution >= 0.6 is 12.2 Å². The summed E-state index contributed by atoms with van der Waals surface area (Å²) in [6, 6.07) is 1.21. The molecule has 0 spiro atoms. The molecule has 20 heavy (non-hydrogen) atoms. The number of ether oxygens (including phenoxy) is 2. The molecule has 1 aromatic rings. The van der Waals surface area contributed by atoms with Crippen LogP contribution in [0, 0.1) is 12.0 Å². The van der Waals surface area contributed by atoms with Gasteiger partial charge in [-0.2, -0.15) is 0 Å². The highest BCUT2D eigenvalue weighted by atomic mass is 32.1. The van der Waals surface area contributed by atoms with E-state index in [0.29, 0.717) is 0 Å². The third-order valence-electron chi connectivity index (χ3n) is 2.80. The van der Waals surface area contributed by atoms with Gasteiger partial charge in [-0.15, -0.1) is 0 Å². The highest BCUT2D eigenvalue weighted by Gasteiger charge is 2.35. The SMILES string of the molecule is O=c1ccn([C@H]2C[C@H](O)[C@@H](COC#CC=S)O2)c(=O)[nH]1. The monoisotopic (exact) mass is 296 g/mol. The molecule has 0 unspecified atom stereocenters. The van der Waals surface area contributed by atoms with Crippen LogP contribution in [0.5, 0.6) is 0 Å². The number of aliphatic hydroxyl groups excluding tert-OH is 1. The average molecular weight is 296 g/mol. The number of nitrogens with one attached hydrogen (secondary N) is 1. The fourth-order valence-electron chi connectivity index (χ4n) is 1.88. The van der Waals surface area contributed by atoms with Gasteiger partial charge in [0.25, 0.3) is 5.56 Å².